The molecule has 0 aliphatic heterocycles. The summed E-state index contributed by atoms with van der Waals surface area (Å²) >= 11 is 0. The maximum absolute atomic E-state index is 13.9. The molecule has 5 fully saturated rings. The third kappa shape index (κ3) is 4.89. The molecule has 206 valence electrons. The van der Waals surface area contributed by atoms with Gasteiger partial charge in [-0.2, -0.15) is 4.98 Å². The number of amides is 1. The summed E-state index contributed by atoms with van der Waals surface area (Å²) in [6, 6.07) is 6.48. The van der Waals surface area contributed by atoms with Crippen LogP contribution in [0.4, 0.5) is 14.5 Å². The fourth-order valence-corrected chi connectivity index (χ4v) is 7.46. The molecule has 0 unspecified atom stereocenters. The van der Waals surface area contributed by atoms with Crippen molar-refractivity contribution in [3.8, 4) is 0 Å². The molecule has 38 heavy (non-hydrogen) atoms. The van der Waals surface area contributed by atoms with Gasteiger partial charge in [0, 0.05) is 48.6 Å². The van der Waals surface area contributed by atoms with E-state index >= 15 is 0 Å². The van der Waals surface area contributed by atoms with Crippen molar-refractivity contribution in [3.63, 3.8) is 0 Å². The largest absolute Gasteiger partial charge is 0.339 e. The zero-order valence-electron chi connectivity index (χ0n) is 21.8. The molecule has 1 heterocycles. The highest BCUT2D eigenvalue weighted by Gasteiger charge is 2.53. The number of rotatable bonds is 7. The molecule has 2 aromatic rings. The Hall–Kier alpha value is -2.36. The first-order chi connectivity index (χ1) is 18.0. The average molecular weight is 548 g/mol. The number of benzene rings is 1. The van der Waals surface area contributed by atoms with E-state index in [-0.39, 0.29) is 47.3 Å². The molecule has 5 aliphatic rings. The van der Waals surface area contributed by atoms with E-state index in [0.29, 0.717) is 18.2 Å². The summed E-state index contributed by atoms with van der Waals surface area (Å²) < 4.78 is 58.0. The molecule has 5 aliphatic carbocycles. The zero-order chi connectivity index (χ0) is 26.8. The van der Waals surface area contributed by atoms with Gasteiger partial charge in [-0.1, -0.05) is 11.2 Å². The molecule has 5 saturated carbocycles. The normalized spacial score (nSPS) is 29.3. The Balaban J connectivity index is 1.25. The molecule has 0 atom stereocenters. The van der Waals surface area contributed by atoms with E-state index in [1.54, 1.807) is 23.1 Å². The molecule has 0 spiro atoms. The number of sulfone groups is 1. The third-order valence-electron chi connectivity index (χ3n) is 9.62. The fourth-order valence-electron chi connectivity index (χ4n) is 6.80. The SMILES string of the molecule is CS(=O)(=O)c1cccc(N(CC23CCC(c4nc(C5CC5)no4)(CC2)CC3)C(=O)C2CCC(F)(F)CC2)c1. The fraction of sp³-hybridized carbons (Fsp3) is 0.679. The molecular formula is C28H35F2N3O4S. The lowest BCUT2D eigenvalue weighted by atomic mass is 9.53. The van der Waals surface area contributed by atoms with Gasteiger partial charge >= 0.3 is 0 Å². The monoisotopic (exact) mass is 547 g/mol. The summed E-state index contributed by atoms with van der Waals surface area (Å²) in [5, 5.41) is 4.24. The molecular weight excluding hydrogens is 512 g/mol. The molecule has 1 amide bonds. The van der Waals surface area contributed by atoms with Gasteiger partial charge in [0.15, 0.2) is 15.7 Å². The second-order valence-corrected chi connectivity index (χ2v) is 14.4. The lowest BCUT2D eigenvalue weighted by Crippen LogP contribution is -2.52. The number of fused-ring (bicyclic) bond motifs is 3. The Bertz CT molecular complexity index is 1300. The van der Waals surface area contributed by atoms with Gasteiger partial charge < -0.3 is 9.42 Å². The second-order valence-electron chi connectivity index (χ2n) is 12.3. The summed E-state index contributed by atoms with van der Waals surface area (Å²) in [4.78, 5) is 20.5. The maximum Gasteiger partial charge on any atom is 0.248 e. The molecule has 7 nitrogen and oxygen atoms in total. The lowest BCUT2D eigenvalue weighted by molar-refractivity contribution is -0.127. The van der Waals surface area contributed by atoms with Crippen LogP contribution < -0.4 is 4.90 Å². The summed E-state index contributed by atoms with van der Waals surface area (Å²) in [6.07, 6.45) is 8.49. The maximum atomic E-state index is 13.9. The van der Waals surface area contributed by atoms with Gasteiger partial charge in [-0.3, -0.25) is 4.79 Å². The van der Waals surface area contributed by atoms with Crippen LogP contribution in [0, 0.1) is 11.3 Å². The van der Waals surface area contributed by atoms with Crippen LogP contribution in [0.3, 0.4) is 0 Å². The Morgan fingerprint density at radius 3 is 2.29 bits per heavy atom. The third-order valence-corrected chi connectivity index (χ3v) is 10.7. The Morgan fingerprint density at radius 2 is 1.68 bits per heavy atom. The summed E-state index contributed by atoms with van der Waals surface area (Å²) in [7, 11) is -3.47. The number of anilines is 1. The Morgan fingerprint density at radius 1 is 1.03 bits per heavy atom. The number of carbonyl (C=O) groups is 1. The van der Waals surface area contributed by atoms with E-state index in [2.05, 4.69) is 5.16 Å². The number of halogens is 2. The van der Waals surface area contributed by atoms with Gasteiger partial charge in [0.05, 0.1) is 4.90 Å². The smallest absolute Gasteiger partial charge is 0.248 e. The lowest BCUT2D eigenvalue weighted by Gasteiger charge is -2.53. The minimum absolute atomic E-state index is 0.109. The molecule has 0 N–H and O–H groups in total. The van der Waals surface area contributed by atoms with Gasteiger partial charge in [0.2, 0.25) is 17.7 Å². The van der Waals surface area contributed by atoms with Crippen LogP contribution in [-0.4, -0.2) is 43.2 Å². The highest BCUT2D eigenvalue weighted by Crippen LogP contribution is 2.58. The minimum atomic E-state index is -3.47. The first kappa shape index (κ1) is 25.9. The standard InChI is InChI=1S/C28H35F2N3O4S/c1-38(35,36)22-4-2-3-21(17-22)33(24(34)20-7-9-28(29,30)10-8-20)18-26-11-14-27(15-12-26,16-13-26)25-31-23(32-37-25)19-5-6-19/h2-4,17,19-20H,5-16,18H2,1H3. The van der Waals surface area contributed by atoms with Gasteiger partial charge in [-0.15, -0.1) is 0 Å². The van der Waals surface area contributed by atoms with Crippen molar-refractivity contribution in [2.24, 2.45) is 11.3 Å². The minimum Gasteiger partial charge on any atom is -0.339 e. The van der Waals surface area contributed by atoms with Crippen molar-refractivity contribution < 1.29 is 26.5 Å². The summed E-state index contributed by atoms with van der Waals surface area (Å²) in [5.41, 5.74) is 0.302. The van der Waals surface area contributed by atoms with Gasteiger partial charge in [0.1, 0.15) is 0 Å². The predicted molar refractivity (Wildman–Crippen MR) is 137 cm³/mol. The van der Waals surface area contributed by atoms with Crippen molar-refractivity contribution in [1.82, 2.24) is 10.1 Å². The van der Waals surface area contributed by atoms with E-state index in [4.69, 9.17) is 9.51 Å². The van der Waals surface area contributed by atoms with Crippen LogP contribution in [0.2, 0.25) is 0 Å². The van der Waals surface area contributed by atoms with Crippen molar-refractivity contribution >= 4 is 21.4 Å². The number of hydrogen-bond donors (Lipinski definition) is 0. The molecule has 0 radical (unpaired) electrons. The molecule has 1 aromatic heterocycles. The topological polar surface area (TPSA) is 93.4 Å². The molecule has 7 rings (SSSR count). The van der Waals surface area contributed by atoms with Crippen LogP contribution in [0.15, 0.2) is 33.7 Å². The number of alkyl halides is 2. The quantitative estimate of drug-likeness (QED) is 0.435. The van der Waals surface area contributed by atoms with Crippen molar-refractivity contribution in [2.75, 3.05) is 17.7 Å². The van der Waals surface area contributed by atoms with Gasteiger partial charge in [-0.25, -0.2) is 17.2 Å². The molecule has 2 bridgehead atoms. The van der Waals surface area contributed by atoms with Crippen molar-refractivity contribution in [3.05, 3.63) is 36.0 Å². The number of hydrogen-bond acceptors (Lipinski definition) is 6. The highest BCUT2D eigenvalue weighted by atomic mass is 32.2. The van der Waals surface area contributed by atoms with Crippen LogP contribution in [0.1, 0.15) is 94.7 Å². The molecule has 10 heteroatoms. The predicted octanol–water partition coefficient (Wildman–Crippen LogP) is 5.80. The zero-order valence-corrected chi connectivity index (χ0v) is 22.6. The second kappa shape index (κ2) is 9.10. The van der Waals surface area contributed by atoms with Crippen LogP contribution in [0.5, 0.6) is 0 Å². The molecule has 0 saturated heterocycles. The van der Waals surface area contributed by atoms with Crippen LogP contribution in [0.25, 0.3) is 0 Å². The Labute approximate surface area is 222 Å². The van der Waals surface area contributed by atoms with Gasteiger partial charge in [-0.05, 0) is 87.8 Å². The summed E-state index contributed by atoms with van der Waals surface area (Å²) in [6.45, 7) is 0.458. The van der Waals surface area contributed by atoms with E-state index in [9.17, 15) is 22.0 Å². The van der Waals surface area contributed by atoms with E-state index in [1.807, 2.05) is 0 Å². The van der Waals surface area contributed by atoms with E-state index in [1.165, 1.54) is 6.07 Å². The van der Waals surface area contributed by atoms with E-state index < -0.39 is 21.7 Å². The average Bonchev–Trinajstić information content (AvgIpc) is 3.63. The number of carbonyl (C=O) groups excluding carboxylic acids is 1. The first-order valence-electron chi connectivity index (χ1n) is 13.8. The van der Waals surface area contributed by atoms with Crippen molar-refractivity contribution in [1.29, 1.82) is 0 Å². The van der Waals surface area contributed by atoms with Crippen LogP contribution in [-0.2, 0) is 20.0 Å². The number of aromatic nitrogens is 2. The highest BCUT2D eigenvalue weighted by molar-refractivity contribution is 7.90. The summed E-state index contributed by atoms with van der Waals surface area (Å²) in [5.74, 6) is -1.35. The van der Waals surface area contributed by atoms with Crippen LogP contribution >= 0.6 is 0 Å². The van der Waals surface area contributed by atoms with E-state index in [0.717, 1.165) is 69.3 Å². The molecule has 1 aromatic carbocycles. The van der Waals surface area contributed by atoms with Crippen molar-refractivity contribution in [2.45, 2.75) is 99.2 Å². The van der Waals surface area contributed by atoms with Gasteiger partial charge in [0.25, 0.3) is 0 Å². The Kier molecular flexibility index (Phi) is 6.20. The first-order valence-corrected chi connectivity index (χ1v) is 15.7. The number of nitrogens with zero attached hydrogens (tertiary/aromatic N) is 3.